The maximum absolute atomic E-state index is 14.7. The van der Waals surface area contributed by atoms with Gasteiger partial charge >= 0.3 is 6.03 Å². The Morgan fingerprint density at radius 1 is 0.921 bits per heavy atom. The zero-order valence-electron chi connectivity index (χ0n) is 20.0. The molecule has 14 heteroatoms. The van der Waals surface area contributed by atoms with Crippen LogP contribution in [0, 0.1) is 35.0 Å². The molecule has 3 amide bonds. The topological polar surface area (TPSA) is 98.8 Å². The highest BCUT2D eigenvalue weighted by molar-refractivity contribution is 7.92. The highest BCUT2D eigenvalue weighted by Crippen LogP contribution is 2.34. The van der Waals surface area contributed by atoms with Crippen molar-refractivity contribution in [2.75, 3.05) is 30.5 Å². The van der Waals surface area contributed by atoms with Crippen molar-refractivity contribution in [3.8, 4) is 0 Å². The van der Waals surface area contributed by atoms with E-state index in [0.29, 0.717) is 12.8 Å². The first-order valence-electron chi connectivity index (χ1n) is 11.9. The van der Waals surface area contributed by atoms with E-state index in [-0.39, 0.29) is 41.9 Å². The van der Waals surface area contributed by atoms with Gasteiger partial charge in [-0.05, 0) is 43.7 Å². The van der Waals surface area contributed by atoms with Gasteiger partial charge in [0, 0.05) is 25.7 Å². The van der Waals surface area contributed by atoms with Crippen molar-refractivity contribution in [2.45, 2.75) is 36.6 Å². The zero-order chi connectivity index (χ0) is 27.6. The summed E-state index contributed by atoms with van der Waals surface area (Å²) in [6, 6.07) is 5.99. The summed E-state index contributed by atoms with van der Waals surface area (Å²) in [7, 11) is -4.94. The van der Waals surface area contributed by atoms with Crippen LogP contribution in [0.25, 0.3) is 0 Å². The normalized spacial score (nSPS) is 17.7. The molecule has 8 nitrogen and oxygen atoms in total. The molecule has 1 atom stereocenters. The fourth-order valence-electron chi connectivity index (χ4n) is 4.20. The first-order valence-corrected chi connectivity index (χ1v) is 13.4. The molecule has 2 aromatic rings. The molecule has 1 saturated carbocycles. The summed E-state index contributed by atoms with van der Waals surface area (Å²) < 4.78 is 97.7. The van der Waals surface area contributed by atoms with Crippen LogP contribution >= 0.6 is 0 Å². The van der Waals surface area contributed by atoms with Crippen molar-refractivity contribution in [2.24, 2.45) is 5.92 Å². The number of amides is 3. The summed E-state index contributed by atoms with van der Waals surface area (Å²) in [5.74, 6) is -13.0. The van der Waals surface area contributed by atoms with Gasteiger partial charge < -0.3 is 15.5 Å². The minimum Gasteiger partial charge on any atom is -0.341 e. The Kier molecular flexibility index (Phi) is 8.09. The highest BCUT2D eigenvalue weighted by atomic mass is 32.2. The maximum atomic E-state index is 14.7. The number of piperidine rings is 1. The molecule has 1 saturated heterocycles. The van der Waals surface area contributed by atoms with Crippen LogP contribution in [0.15, 0.2) is 35.2 Å². The predicted molar refractivity (Wildman–Crippen MR) is 126 cm³/mol. The first-order chi connectivity index (χ1) is 18.0. The molecule has 38 heavy (non-hydrogen) atoms. The molecule has 4 rings (SSSR count). The molecule has 1 heterocycles. The van der Waals surface area contributed by atoms with E-state index in [1.54, 1.807) is 0 Å². The van der Waals surface area contributed by atoms with Gasteiger partial charge in [0.1, 0.15) is 12.2 Å². The minimum absolute atomic E-state index is 0.0914. The number of carbonyl (C=O) groups excluding carboxylic acids is 2. The van der Waals surface area contributed by atoms with E-state index in [4.69, 9.17) is 0 Å². The van der Waals surface area contributed by atoms with Gasteiger partial charge in [-0.25, -0.2) is 35.2 Å². The van der Waals surface area contributed by atoms with Crippen LogP contribution in [0.2, 0.25) is 0 Å². The van der Waals surface area contributed by atoms with Gasteiger partial charge in [-0.1, -0.05) is 18.2 Å². The van der Waals surface area contributed by atoms with Gasteiger partial charge in [0.2, 0.25) is 11.7 Å². The third kappa shape index (κ3) is 5.84. The van der Waals surface area contributed by atoms with Crippen molar-refractivity contribution in [3.05, 3.63) is 59.4 Å². The van der Waals surface area contributed by atoms with Gasteiger partial charge in [0.05, 0.1) is 4.90 Å². The van der Waals surface area contributed by atoms with Gasteiger partial charge in [0.15, 0.2) is 23.3 Å². The number of benzene rings is 2. The Labute approximate surface area is 215 Å². The number of nitrogens with zero attached hydrogens (tertiary/aromatic N) is 2. The third-order valence-electron chi connectivity index (χ3n) is 6.38. The van der Waals surface area contributed by atoms with Crippen LogP contribution in [-0.2, 0) is 14.8 Å². The molecular weight excluding hydrogens is 535 g/mol. The molecule has 0 spiro atoms. The Bertz CT molecular complexity index is 1300. The van der Waals surface area contributed by atoms with E-state index < -0.39 is 62.1 Å². The quantitative estimate of drug-likeness (QED) is 0.294. The lowest BCUT2D eigenvalue weighted by molar-refractivity contribution is -0.131. The van der Waals surface area contributed by atoms with Crippen molar-refractivity contribution in [1.29, 1.82) is 0 Å². The standard InChI is InChI=1S/C24H25F5N4O4S/c25-18-19(26)21(28)23(22(29)20(18)27)33(38(36,37)16-6-2-1-3-7-16)13-17(34)32-10-4-5-14(12-32)11-30-24(35)31-15-8-9-15/h1-3,6-7,14-15H,4-5,8-13H2,(H2,30,31,35). The van der Waals surface area contributed by atoms with Gasteiger partial charge in [-0.15, -0.1) is 0 Å². The molecule has 0 radical (unpaired) electrons. The molecule has 2 aromatic carbocycles. The van der Waals surface area contributed by atoms with E-state index in [2.05, 4.69) is 10.6 Å². The van der Waals surface area contributed by atoms with E-state index >= 15 is 0 Å². The second-order valence-electron chi connectivity index (χ2n) is 9.22. The number of carbonyl (C=O) groups is 2. The lowest BCUT2D eigenvalue weighted by Gasteiger charge is -2.34. The molecule has 0 aromatic heterocycles. The summed E-state index contributed by atoms with van der Waals surface area (Å²) in [5, 5.41) is 5.48. The van der Waals surface area contributed by atoms with Gasteiger partial charge in [-0.2, -0.15) is 0 Å². The third-order valence-corrected chi connectivity index (χ3v) is 8.14. The summed E-state index contributed by atoms with van der Waals surface area (Å²) in [5.41, 5.74) is -1.74. The van der Waals surface area contributed by atoms with E-state index in [9.17, 15) is 40.0 Å². The average molecular weight is 561 g/mol. The van der Waals surface area contributed by atoms with Crippen LogP contribution in [0.1, 0.15) is 25.7 Å². The summed E-state index contributed by atoms with van der Waals surface area (Å²) in [6.07, 6.45) is 2.96. The number of hydrogen-bond acceptors (Lipinski definition) is 4. The maximum Gasteiger partial charge on any atom is 0.315 e. The molecule has 2 fully saturated rings. The van der Waals surface area contributed by atoms with E-state index in [1.807, 2.05) is 0 Å². The van der Waals surface area contributed by atoms with Crippen LogP contribution in [0.3, 0.4) is 0 Å². The Hall–Kier alpha value is -3.42. The van der Waals surface area contributed by atoms with E-state index in [0.717, 1.165) is 25.0 Å². The lowest BCUT2D eigenvalue weighted by atomic mass is 9.98. The van der Waals surface area contributed by atoms with E-state index in [1.165, 1.54) is 23.1 Å². The number of anilines is 1. The average Bonchev–Trinajstić information content (AvgIpc) is 3.73. The number of rotatable bonds is 8. The SMILES string of the molecule is O=C(NCC1CCCN(C(=O)CN(c2c(F)c(F)c(F)c(F)c2F)S(=O)(=O)c2ccccc2)C1)NC1CC1. The van der Waals surface area contributed by atoms with Crippen LogP contribution in [0.4, 0.5) is 32.4 Å². The molecule has 1 aliphatic carbocycles. The fraction of sp³-hybridized carbons (Fsp3) is 0.417. The number of urea groups is 1. The van der Waals surface area contributed by atoms with Gasteiger partial charge in [-0.3, -0.25) is 9.10 Å². The fourth-order valence-corrected chi connectivity index (χ4v) is 5.63. The molecule has 1 aliphatic heterocycles. The summed E-state index contributed by atoms with van der Waals surface area (Å²) in [4.78, 5) is 25.8. The summed E-state index contributed by atoms with van der Waals surface area (Å²) >= 11 is 0. The summed E-state index contributed by atoms with van der Waals surface area (Å²) in [6.45, 7) is -0.706. The van der Waals surface area contributed by atoms with Gasteiger partial charge in [0.25, 0.3) is 10.0 Å². The Morgan fingerprint density at radius 2 is 1.53 bits per heavy atom. The molecular formula is C24H25F5N4O4S. The second-order valence-corrected chi connectivity index (χ2v) is 11.1. The zero-order valence-corrected chi connectivity index (χ0v) is 20.8. The second kappa shape index (κ2) is 11.1. The van der Waals surface area contributed by atoms with Crippen LogP contribution < -0.4 is 14.9 Å². The molecule has 206 valence electrons. The van der Waals surface area contributed by atoms with Crippen LogP contribution in [0.5, 0.6) is 0 Å². The monoisotopic (exact) mass is 560 g/mol. The van der Waals surface area contributed by atoms with Crippen molar-refractivity contribution in [3.63, 3.8) is 0 Å². The molecule has 2 aliphatic rings. The largest absolute Gasteiger partial charge is 0.341 e. The van der Waals surface area contributed by atoms with Crippen molar-refractivity contribution < 1.29 is 40.0 Å². The van der Waals surface area contributed by atoms with Crippen LogP contribution in [-0.4, -0.2) is 57.5 Å². The molecule has 2 N–H and O–H groups in total. The molecule has 0 bridgehead atoms. The lowest BCUT2D eigenvalue weighted by Crippen LogP contribution is -2.49. The number of nitrogens with one attached hydrogen (secondary N) is 2. The number of halogens is 5. The van der Waals surface area contributed by atoms with Crippen molar-refractivity contribution >= 4 is 27.6 Å². The number of sulfonamides is 1. The number of likely N-dealkylation sites (tertiary alicyclic amines) is 1. The van der Waals surface area contributed by atoms with Crippen molar-refractivity contribution in [1.82, 2.24) is 15.5 Å². The molecule has 1 unspecified atom stereocenters. The Morgan fingerprint density at radius 3 is 2.13 bits per heavy atom. The predicted octanol–water partition coefficient (Wildman–Crippen LogP) is 3.28. The highest BCUT2D eigenvalue weighted by Gasteiger charge is 2.38. The number of hydrogen-bond donors (Lipinski definition) is 2. The smallest absolute Gasteiger partial charge is 0.315 e. The first kappa shape index (κ1) is 27.6. The minimum atomic E-state index is -4.94. The Balaban J connectivity index is 1.59.